The molecule has 0 unspecified atom stereocenters. The Balaban J connectivity index is 2.57. The summed E-state index contributed by atoms with van der Waals surface area (Å²) < 4.78 is 0. The number of benzene rings is 1. The summed E-state index contributed by atoms with van der Waals surface area (Å²) in [6, 6.07) is 9.95. The fourth-order valence-corrected chi connectivity index (χ4v) is 1.79. The Kier molecular flexibility index (Phi) is 5.51. The van der Waals surface area contributed by atoms with Crippen LogP contribution in [0.5, 0.6) is 0 Å². The maximum Gasteiger partial charge on any atom is 0.0991 e. The Labute approximate surface area is 104 Å². The van der Waals surface area contributed by atoms with Gasteiger partial charge in [-0.05, 0) is 58.3 Å². The predicted octanol–water partition coefficient (Wildman–Crippen LogP) is 2.34. The van der Waals surface area contributed by atoms with Gasteiger partial charge >= 0.3 is 0 Å². The van der Waals surface area contributed by atoms with Crippen LogP contribution in [0.2, 0.25) is 0 Å². The number of hydrogen-bond acceptors (Lipinski definition) is 3. The minimum absolute atomic E-state index is 0.720. The van der Waals surface area contributed by atoms with Crippen molar-refractivity contribution in [2.75, 3.05) is 38.6 Å². The first-order valence-corrected chi connectivity index (χ1v) is 6.07. The first-order chi connectivity index (χ1) is 8.17. The van der Waals surface area contributed by atoms with Crippen molar-refractivity contribution in [3.05, 3.63) is 29.8 Å². The van der Waals surface area contributed by atoms with Gasteiger partial charge in [-0.1, -0.05) is 0 Å². The van der Waals surface area contributed by atoms with E-state index in [1.807, 2.05) is 24.3 Å². The Morgan fingerprint density at radius 3 is 2.24 bits per heavy atom. The third kappa shape index (κ3) is 4.46. The van der Waals surface area contributed by atoms with Crippen molar-refractivity contribution in [2.45, 2.75) is 13.3 Å². The van der Waals surface area contributed by atoms with E-state index in [1.54, 1.807) is 0 Å². The molecule has 0 saturated heterocycles. The lowest BCUT2D eigenvalue weighted by atomic mass is 10.2. The predicted molar refractivity (Wildman–Crippen MR) is 72.2 cm³/mol. The Morgan fingerprint density at radius 2 is 1.76 bits per heavy atom. The van der Waals surface area contributed by atoms with Gasteiger partial charge in [-0.3, -0.25) is 0 Å². The van der Waals surface area contributed by atoms with Crippen LogP contribution in [0.1, 0.15) is 18.9 Å². The van der Waals surface area contributed by atoms with Crippen molar-refractivity contribution in [3.63, 3.8) is 0 Å². The average Bonchev–Trinajstić information content (AvgIpc) is 2.34. The van der Waals surface area contributed by atoms with E-state index in [0.29, 0.717) is 0 Å². The van der Waals surface area contributed by atoms with Crippen molar-refractivity contribution < 1.29 is 0 Å². The third-order valence-electron chi connectivity index (χ3n) is 2.78. The molecular weight excluding hydrogens is 210 g/mol. The fourth-order valence-electron chi connectivity index (χ4n) is 1.79. The molecule has 0 heterocycles. The lowest BCUT2D eigenvalue weighted by molar-refractivity contribution is 0.400. The van der Waals surface area contributed by atoms with Gasteiger partial charge in [0.05, 0.1) is 11.6 Å². The monoisotopic (exact) mass is 231 g/mol. The van der Waals surface area contributed by atoms with E-state index in [2.05, 4.69) is 36.9 Å². The van der Waals surface area contributed by atoms with E-state index in [1.165, 1.54) is 5.69 Å². The number of nitrogens with zero attached hydrogens (tertiary/aromatic N) is 3. The molecule has 0 spiro atoms. The number of rotatable bonds is 6. The van der Waals surface area contributed by atoms with Gasteiger partial charge in [0.1, 0.15) is 0 Å². The van der Waals surface area contributed by atoms with E-state index in [4.69, 9.17) is 5.26 Å². The highest BCUT2D eigenvalue weighted by molar-refractivity contribution is 5.49. The van der Waals surface area contributed by atoms with Crippen molar-refractivity contribution in [1.29, 1.82) is 5.26 Å². The van der Waals surface area contributed by atoms with E-state index < -0.39 is 0 Å². The molecule has 0 saturated carbocycles. The van der Waals surface area contributed by atoms with Gasteiger partial charge in [0, 0.05) is 18.8 Å². The molecule has 0 aliphatic rings. The molecule has 17 heavy (non-hydrogen) atoms. The van der Waals surface area contributed by atoms with Gasteiger partial charge in [-0.2, -0.15) is 5.26 Å². The minimum atomic E-state index is 0.720. The molecule has 3 heteroatoms. The molecule has 0 amide bonds. The second-order valence-corrected chi connectivity index (χ2v) is 4.40. The van der Waals surface area contributed by atoms with Crippen LogP contribution in [0.3, 0.4) is 0 Å². The average molecular weight is 231 g/mol. The van der Waals surface area contributed by atoms with Crippen molar-refractivity contribution in [2.24, 2.45) is 0 Å². The Morgan fingerprint density at radius 1 is 1.12 bits per heavy atom. The first-order valence-electron chi connectivity index (χ1n) is 6.07. The molecule has 0 fully saturated rings. The molecule has 0 aromatic heterocycles. The van der Waals surface area contributed by atoms with Crippen LogP contribution < -0.4 is 4.90 Å². The Hall–Kier alpha value is -1.53. The van der Waals surface area contributed by atoms with Crippen LogP contribution in [0, 0.1) is 11.3 Å². The van der Waals surface area contributed by atoms with E-state index in [-0.39, 0.29) is 0 Å². The topological polar surface area (TPSA) is 30.3 Å². The van der Waals surface area contributed by atoms with Gasteiger partial charge in [0.25, 0.3) is 0 Å². The highest BCUT2D eigenvalue weighted by Gasteiger charge is 2.04. The van der Waals surface area contributed by atoms with Gasteiger partial charge in [0.15, 0.2) is 0 Å². The number of hydrogen-bond donors (Lipinski definition) is 0. The smallest absolute Gasteiger partial charge is 0.0991 e. The van der Waals surface area contributed by atoms with Crippen LogP contribution in [-0.2, 0) is 0 Å². The highest BCUT2D eigenvalue weighted by Crippen LogP contribution is 2.15. The molecule has 1 aromatic carbocycles. The molecule has 0 aliphatic heterocycles. The van der Waals surface area contributed by atoms with Gasteiger partial charge in [0.2, 0.25) is 0 Å². The maximum absolute atomic E-state index is 8.76. The SMILES string of the molecule is CCN(CCCN(C)C)c1ccc(C#N)cc1. The number of nitriles is 1. The van der Waals surface area contributed by atoms with Gasteiger partial charge in [-0.15, -0.1) is 0 Å². The molecule has 1 rings (SSSR count). The minimum Gasteiger partial charge on any atom is -0.372 e. The molecule has 92 valence electrons. The molecule has 0 radical (unpaired) electrons. The summed E-state index contributed by atoms with van der Waals surface area (Å²) in [5, 5.41) is 8.76. The second-order valence-electron chi connectivity index (χ2n) is 4.40. The summed E-state index contributed by atoms with van der Waals surface area (Å²) in [6.07, 6.45) is 1.15. The summed E-state index contributed by atoms with van der Waals surface area (Å²) in [5.74, 6) is 0. The normalized spacial score (nSPS) is 10.3. The molecular formula is C14H21N3. The summed E-state index contributed by atoms with van der Waals surface area (Å²) in [6.45, 7) is 5.32. The van der Waals surface area contributed by atoms with Crippen LogP contribution in [0.25, 0.3) is 0 Å². The lowest BCUT2D eigenvalue weighted by Gasteiger charge is -2.24. The van der Waals surface area contributed by atoms with Crippen LogP contribution >= 0.6 is 0 Å². The molecule has 3 nitrogen and oxygen atoms in total. The van der Waals surface area contributed by atoms with E-state index in [0.717, 1.165) is 31.6 Å². The fraction of sp³-hybridized carbons (Fsp3) is 0.500. The molecule has 0 bridgehead atoms. The molecule has 0 N–H and O–H groups in total. The maximum atomic E-state index is 8.76. The van der Waals surface area contributed by atoms with Crippen LogP contribution in [0.4, 0.5) is 5.69 Å². The largest absolute Gasteiger partial charge is 0.372 e. The summed E-state index contributed by atoms with van der Waals surface area (Å²) >= 11 is 0. The standard InChI is InChI=1S/C14H21N3/c1-4-17(11-5-10-16(2)3)14-8-6-13(12-15)7-9-14/h6-9H,4-5,10-11H2,1-3H3. The first kappa shape index (κ1) is 13.5. The Bertz CT molecular complexity index is 362. The summed E-state index contributed by atoms with van der Waals surface area (Å²) in [4.78, 5) is 4.54. The molecule has 0 atom stereocenters. The highest BCUT2D eigenvalue weighted by atomic mass is 15.1. The second kappa shape index (κ2) is 6.93. The zero-order chi connectivity index (χ0) is 12.7. The van der Waals surface area contributed by atoms with E-state index in [9.17, 15) is 0 Å². The van der Waals surface area contributed by atoms with Crippen molar-refractivity contribution >= 4 is 5.69 Å². The van der Waals surface area contributed by atoms with Crippen LogP contribution in [0.15, 0.2) is 24.3 Å². The quantitative estimate of drug-likeness (QED) is 0.753. The van der Waals surface area contributed by atoms with Gasteiger partial charge in [-0.25, -0.2) is 0 Å². The molecule has 1 aromatic rings. The zero-order valence-electron chi connectivity index (χ0n) is 11.0. The summed E-state index contributed by atoms with van der Waals surface area (Å²) in [5.41, 5.74) is 1.92. The zero-order valence-corrected chi connectivity index (χ0v) is 11.0. The lowest BCUT2D eigenvalue weighted by Crippen LogP contribution is -2.26. The molecule has 0 aliphatic carbocycles. The van der Waals surface area contributed by atoms with Crippen LogP contribution in [-0.4, -0.2) is 38.6 Å². The van der Waals surface area contributed by atoms with Crippen molar-refractivity contribution in [1.82, 2.24) is 4.90 Å². The summed E-state index contributed by atoms with van der Waals surface area (Å²) in [7, 11) is 4.19. The third-order valence-corrected chi connectivity index (χ3v) is 2.78. The van der Waals surface area contributed by atoms with Gasteiger partial charge < -0.3 is 9.80 Å². The van der Waals surface area contributed by atoms with E-state index >= 15 is 0 Å². The number of anilines is 1. The van der Waals surface area contributed by atoms with Crippen molar-refractivity contribution in [3.8, 4) is 6.07 Å².